The SMILES string of the molecule is Cc1cc(NC(=O)CN2CCOCC2)ccc1-n1c(C)cc(-c2nc3ncc(Br)c(N)c3[nH]2)c1C. The van der Waals surface area contributed by atoms with E-state index in [1.165, 1.54) is 0 Å². The highest BCUT2D eigenvalue weighted by Crippen LogP contribution is 2.33. The van der Waals surface area contributed by atoms with E-state index in [2.05, 4.69) is 72.5 Å². The van der Waals surface area contributed by atoms with Gasteiger partial charge in [-0.15, -0.1) is 0 Å². The number of hydrogen-bond donors (Lipinski definition) is 3. The van der Waals surface area contributed by atoms with Crippen LogP contribution >= 0.6 is 15.9 Å². The summed E-state index contributed by atoms with van der Waals surface area (Å²) in [4.78, 5) is 27.0. The largest absolute Gasteiger partial charge is 0.396 e. The molecule has 0 spiro atoms. The van der Waals surface area contributed by atoms with E-state index in [0.29, 0.717) is 36.6 Å². The summed E-state index contributed by atoms with van der Waals surface area (Å²) >= 11 is 3.42. The molecule has 10 heteroatoms. The van der Waals surface area contributed by atoms with Crippen LogP contribution in [0.4, 0.5) is 11.4 Å². The number of carbonyl (C=O) groups excluding carboxylic acids is 1. The molecule has 0 bridgehead atoms. The van der Waals surface area contributed by atoms with Crippen LogP contribution in [0.2, 0.25) is 0 Å². The van der Waals surface area contributed by atoms with Crippen molar-refractivity contribution < 1.29 is 9.53 Å². The Hall–Kier alpha value is -3.21. The molecule has 4 aromatic rings. The monoisotopic (exact) mass is 537 g/mol. The number of morpholine rings is 1. The molecule has 1 aromatic carbocycles. The summed E-state index contributed by atoms with van der Waals surface area (Å²) in [6, 6.07) is 8.10. The molecule has 0 atom stereocenters. The lowest BCUT2D eigenvalue weighted by atomic mass is 10.1. The van der Waals surface area contributed by atoms with Crippen molar-refractivity contribution in [2.75, 3.05) is 43.9 Å². The van der Waals surface area contributed by atoms with Crippen LogP contribution in [-0.2, 0) is 9.53 Å². The number of nitrogen functional groups attached to an aromatic ring is 1. The number of amides is 1. The average Bonchev–Trinajstić information content (AvgIpc) is 3.38. The smallest absolute Gasteiger partial charge is 0.238 e. The fourth-order valence-electron chi connectivity index (χ4n) is 4.60. The predicted octanol–water partition coefficient (Wildman–Crippen LogP) is 3.96. The Kier molecular flexibility index (Phi) is 6.35. The third kappa shape index (κ3) is 4.56. The van der Waals surface area contributed by atoms with Gasteiger partial charge in [0, 0.05) is 47.6 Å². The zero-order valence-corrected chi connectivity index (χ0v) is 21.6. The van der Waals surface area contributed by atoms with E-state index in [4.69, 9.17) is 10.5 Å². The first kappa shape index (κ1) is 23.5. The number of aromatic nitrogens is 4. The number of nitrogens with zero attached hydrogens (tertiary/aromatic N) is 4. The van der Waals surface area contributed by atoms with Crippen LogP contribution in [0.25, 0.3) is 28.2 Å². The van der Waals surface area contributed by atoms with E-state index in [1.54, 1.807) is 6.20 Å². The molecule has 4 heterocycles. The number of anilines is 2. The molecule has 1 saturated heterocycles. The van der Waals surface area contributed by atoms with Crippen molar-refractivity contribution in [2.45, 2.75) is 20.8 Å². The Balaban J connectivity index is 1.40. The van der Waals surface area contributed by atoms with Crippen molar-refractivity contribution in [3.05, 3.63) is 51.9 Å². The number of aromatic amines is 1. The van der Waals surface area contributed by atoms with Crippen molar-refractivity contribution in [3.63, 3.8) is 0 Å². The maximum Gasteiger partial charge on any atom is 0.238 e. The lowest BCUT2D eigenvalue weighted by molar-refractivity contribution is -0.118. The molecule has 1 fully saturated rings. The fourth-order valence-corrected chi connectivity index (χ4v) is 4.90. The number of benzene rings is 1. The first-order valence-corrected chi connectivity index (χ1v) is 12.3. The zero-order chi connectivity index (χ0) is 24.7. The normalized spacial score (nSPS) is 14.5. The van der Waals surface area contributed by atoms with Gasteiger partial charge in [0.25, 0.3) is 0 Å². The molecule has 1 amide bonds. The Morgan fingerprint density at radius 2 is 2.00 bits per heavy atom. The first-order valence-electron chi connectivity index (χ1n) is 11.5. The summed E-state index contributed by atoms with van der Waals surface area (Å²) in [7, 11) is 0. The van der Waals surface area contributed by atoms with Crippen molar-refractivity contribution >= 4 is 44.4 Å². The van der Waals surface area contributed by atoms with Crippen molar-refractivity contribution in [2.24, 2.45) is 0 Å². The second-order valence-electron chi connectivity index (χ2n) is 8.86. The minimum Gasteiger partial charge on any atom is -0.396 e. The van der Waals surface area contributed by atoms with E-state index in [0.717, 1.165) is 57.3 Å². The minimum absolute atomic E-state index is 0.0148. The predicted molar refractivity (Wildman–Crippen MR) is 141 cm³/mol. The van der Waals surface area contributed by atoms with Crippen LogP contribution in [0.5, 0.6) is 0 Å². The second kappa shape index (κ2) is 9.44. The van der Waals surface area contributed by atoms with Crippen LogP contribution in [0.15, 0.2) is 34.9 Å². The summed E-state index contributed by atoms with van der Waals surface area (Å²) < 4.78 is 8.29. The number of imidazole rings is 1. The van der Waals surface area contributed by atoms with Gasteiger partial charge in [-0.25, -0.2) is 9.97 Å². The first-order chi connectivity index (χ1) is 16.8. The number of H-pyrrole nitrogens is 1. The second-order valence-corrected chi connectivity index (χ2v) is 9.72. The third-order valence-electron chi connectivity index (χ3n) is 6.39. The Morgan fingerprint density at radius 1 is 1.23 bits per heavy atom. The number of fused-ring (bicyclic) bond motifs is 1. The number of rotatable bonds is 5. The molecule has 0 saturated carbocycles. The maximum absolute atomic E-state index is 12.5. The molecule has 3 aromatic heterocycles. The van der Waals surface area contributed by atoms with Gasteiger partial charge in [-0.1, -0.05) is 0 Å². The Bertz CT molecular complexity index is 1420. The number of hydrogen-bond acceptors (Lipinski definition) is 6. The summed E-state index contributed by atoms with van der Waals surface area (Å²) in [6.07, 6.45) is 1.66. The standard InChI is InChI=1S/C25H28BrN7O2/c1-14-10-17(29-21(34)13-32-6-8-35-9-7-32)4-5-20(14)33-15(2)11-18(16(33)3)24-30-23-22(27)19(26)12-28-25(23)31-24/h4-5,10-12H,6-9,13H2,1-3H3,(H,29,34)(H3,27,28,30,31). The van der Waals surface area contributed by atoms with Crippen molar-refractivity contribution in [3.8, 4) is 17.1 Å². The molecule has 182 valence electrons. The van der Waals surface area contributed by atoms with Crippen LogP contribution in [0, 0.1) is 20.8 Å². The van der Waals surface area contributed by atoms with Gasteiger partial charge < -0.3 is 25.3 Å². The average molecular weight is 538 g/mol. The molecule has 0 aliphatic carbocycles. The molecule has 1 aliphatic heterocycles. The number of pyridine rings is 1. The highest BCUT2D eigenvalue weighted by molar-refractivity contribution is 9.10. The molecule has 0 radical (unpaired) electrons. The van der Waals surface area contributed by atoms with Crippen molar-refractivity contribution in [1.29, 1.82) is 0 Å². The van der Waals surface area contributed by atoms with Gasteiger partial charge >= 0.3 is 0 Å². The van der Waals surface area contributed by atoms with E-state index in [9.17, 15) is 4.79 Å². The van der Waals surface area contributed by atoms with E-state index < -0.39 is 0 Å². The summed E-state index contributed by atoms with van der Waals surface area (Å²) in [5.74, 6) is 0.709. The summed E-state index contributed by atoms with van der Waals surface area (Å²) in [5.41, 5.74) is 14.1. The lowest BCUT2D eigenvalue weighted by Gasteiger charge is -2.25. The number of halogens is 1. The van der Waals surface area contributed by atoms with Crippen molar-refractivity contribution in [1.82, 2.24) is 24.4 Å². The quantitative estimate of drug-likeness (QED) is 0.355. The number of carbonyl (C=O) groups is 1. The van der Waals surface area contributed by atoms with Crippen LogP contribution in [-0.4, -0.2) is 63.2 Å². The molecular weight excluding hydrogens is 510 g/mol. The van der Waals surface area contributed by atoms with Gasteiger partial charge in [-0.2, -0.15) is 0 Å². The maximum atomic E-state index is 12.5. The molecule has 1 aliphatic rings. The zero-order valence-electron chi connectivity index (χ0n) is 20.0. The molecule has 35 heavy (non-hydrogen) atoms. The summed E-state index contributed by atoms with van der Waals surface area (Å²) in [5, 5.41) is 3.03. The van der Waals surface area contributed by atoms with Gasteiger partial charge in [-0.3, -0.25) is 9.69 Å². The van der Waals surface area contributed by atoms with Crippen LogP contribution < -0.4 is 11.1 Å². The lowest BCUT2D eigenvalue weighted by Crippen LogP contribution is -2.41. The topological polar surface area (TPSA) is 114 Å². The van der Waals surface area contributed by atoms with E-state index in [1.807, 2.05) is 18.2 Å². The van der Waals surface area contributed by atoms with E-state index >= 15 is 0 Å². The van der Waals surface area contributed by atoms with Gasteiger partial charge in [-0.05, 0) is 66.5 Å². The van der Waals surface area contributed by atoms with E-state index in [-0.39, 0.29) is 5.91 Å². The van der Waals surface area contributed by atoms with Gasteiger partial charge in [0.1, 0.15) is 11.3 Å². The highest BCUT2D eigenvalue weighted by atomic mass is 79.9. The number of nitrogens with one attached hydrogen (secondary N) is 2. The Morgan fingerprint density at radius 3 is 2.74 bits per heavy atom. The number of nitrogens with two attached hydrogens (primary N) is 1. The third-order valence-corrected chi connectivity index (χ3v) is 7.02. The number of ether oxygens (including phenoxy) is 1. The summed E-state index contributed by atoms with van der Waals surface area (Å²) in [6.45, 7) is 9.48. The fraction of sp³-hybridized carbons (Fsp3) is 0.320. The molecule has 5 rings (SSSR count). The van der Waals surface area contributed by atoms with Crippen LogP contribution in [0.3, 0.4) is 0 Å². The Labute approximate surface area is 211 Å². The molecule has 0 unspecified atom stereocenters. The number of aryl methyl sites for hydroxylation is 2. The molecular formula is C25H28BrN7O2. The molecule has 9 nitrogen and oxygen atoms in total. The molecule has 4 N–H and O–H groups in total. The van der Waals surface area contributed by atoms with Crippen LogP contribution in [0.1, 0.15) is 17.0 Å². The van der Waals surface area contributed by atoms with Gasteiger partial charge in [0.05, 0.1) is 29.9 Å². The highest BCUT2D eigenvalue weighted by Gasteiger charge is 2.19. The minimum atomic E-state index is -0.0148. The van der Waals surface area contributed by atoms with Gasteiger partial charge in [0.2, 0.25) is 5.91 Å². The van der Waals surface area contributed by atoms with Gasteiger partial charge in [0.15, 0.2) is 5.65 Å².